The van der Waals surface area contributed by atoms with Gasteiger partial charge in [0, 0.05) is 20.1 Å². The molecule has 22 heavy (non-hydrogen) atoms. The predicted molar refractivity (Wildman–Crippen MR) is 82.1 cm³/mol. The van der Waals surface area contributed by atoms with E-state index < -0.39 is 10.0 Å². The summed E-state index contributed by atoms with van der Waals surface area (Å²) in [5, 5.41) is 0. The molecular formula is C13H19N5O3S. The molecule has 2 aromatic heterocycles. The topological polar surface area (TPSA) is 90.1 Å². The molecule has 1 saturated heterocycles. The van der Waals surface area contributed by atoms with E-state index in [1.54, 1.807) is 17.8 Å². The van der Waals surface area contributed by atoms with Crippen molar-refractivity contribution in [3.63, 3.8) is 0 Å². The van der Waals surface area contributed by atoms with E-state index in [0.717, 1.165) is 0 Å². The summed E-state index contributed by atoms with van der Waals surface area (Å²) in [5.41, 5.74) is 1.03. The lowest BCUT2D eigenvalue weighted by Crippen LogP contribution is -2.33. The van der Waals surface area contributed by atoms with Crippen molar-refractivity contribution in [2.75, 3.05) is 18.8 Å². The van der Waals surface area contributed by atoms with E-state index in [4.69, 9.17) is 0 Å². The van der Waals surface area contributed by atoms with Gasteiger partial charge < -0.3 is 0 Å². The van der Waals surface area contributed by atoms with E-state index in [1.165, 1.54) is 15.2 Å². The van der Waals surface area contributed by atoms with Crippen molar-refractivity contribution in [2.24, 2.45) is 7.05 Å². The van der Waals surface area contributed by atoms with Gasteiger partial charge in [0.2, 0.25) is 10.0 Å². The molecule has 1 atom stereocenters. The Labute approximate surface area is 128 Å². The summed E-state index contributed by atoms with van der Waals surface area (Å²) in [7, 11) is -1.56. The third kappa shape index (κ3) is 2.34. The Morgan fingerprint density at radius 3 is 2.91 bits per heavy atom. The molecule has 1 aliphatic heterocycles. The van der Waals surface area contributed by atoms with Gasteiger partial charge in [-0.25, -0.2) is 23.2 Å². The van der Waals surface area contributed by atoms with Crippen LogP contribution in [0.5, 0.6) is 0 Å². The molecule has 2 aromatic rings. The molecule has 3 rings (SSSR count). The Hall–Kier alpha value is -1.74. The quantitative estimate of drug-likeness (QED) is 0.796. The van der Waals surface area contributed by atoms with Crippen LogP contribution in [-0.2, 0) is 17.1 Å². The van der Waals surface area contributed by atoms with Gasteiger partial charge in [-0.05, 0) is 12.8 Å². The van der Waals surface area contributed by atoms with Gasteiger partial charge in [0.15, 0.2) is 5.65 Å². The van der Waals surface area contributed by atoms with Crippen LogP contribution in [-0.4, -0.2) is 50.7 Å². The van der Waals surface area contributed by atoms with Crippen LogP contribution in [0.3, 0.4) is 0 Å². The fourth-order valence-electron chi connectivity index (χ4n) is 2.98. The normalized spacial score (nSPS) is 20.0. The standard InChI is InChI=1S/C13H19N5O3S/c1-3-6-22(20,21)17-5-4-10(8-17)18-12-11(7-14-9-15-12)16(2)13(18)19/h7,9-10H,3-6,8H2,1-2H3/t10-/m1/s1. The first-order valence-electron chi connectivity index (χ1n) is 7.30. The highest BCUT2D eigenvalue weighted by Crippen LogP contribution is 2.25. The molecule has 3 heterocycles. The fourth-order valence-corrected chi connectivity index (χ4v) is 4.54. The maximum absolute atomic E-state index is 12.4. The van der Waals surface area contributed by atoms with Gasteiger partial charge in [0.25, 0.3) is 0 Å². The third-order valence-corrected chi connectivity index (χ3v) is 6.14. The smallest absolute Gasteiger partial charge is 0.292 e. The predicted octanol–water partition coefficient (Wildman–Crippen LogP) is 0.117. The number of rotatable bonds is 4. The number of hydrogen-bond acceptors (Lipinski definition) is 5. The minimum atomic E-state index is -3.23. The molecule has 0 radical (unpaired) electrons. The van der Waals surface area contributed by atoms with Crippen molar-refractivity contribution in [3.05, 3.63) is 23.0 Å². The first kappa shape index (κ1) is 15.2. The van der Waals surface area contributed by atoms with Crippen LogP contribution in [0.1, 0.15) is 25.8 Å². The largest absolute Gasteiger partial charge is 0.330 e. The number of hydrogen-bond donors (Lipinski definition) is 0. The zero-order valence-electron chi connectivity index (χ0n) is 12.6. The molecule has 0 N–H and O–H groups in total. The molecule has 0 unspecified atom stereocenters. The van der Waals surface area contributed by atoms with Crippen LogP contribution < -0.4 is 5.69 Å². The van der Waals surface area contributed by atoms with Gasteiger partial charge in [-0.2, -0.15) is 4.31 Å². The van der Waals surface area contributed by atoms with E-state index in [-0.39, 0.29) is 17.5 Å². The van der Waals surface area contributed by atoms with Crippen molar-refractivity contribution in [1.29, 1.82) is 0 Å². The van der Waals surface area contributed by atoms with Crippen molar-refractivity contribution in [3.8, 4) is 0 Å². The summed E-state index contributed by atoms with van der Waals surface area (Å²) in [5.74, 6) is 0.145. The van der Waals surface area contributed by atoms with Crippen molar-refractivity contribution < 1.29 is 8.42 Å². The number of aryl methyl sites for hydroxylation is 1. The van der Waals surface area contributed by atoms with Crippen molar-refractivity contribution in [1.82, 2.24) is 23.4 Å². The Bertz CT molecular complexity index is 854. The van der Waals surface area contributed by atoms with E-state index in [1.807, 2.05) is 6.92 Å². The first-order valence-corrected chi connectivity index (χ1v) is 8.91. The second-order valence-corrected chi connectivity index (χ2v) is 7.65. The number of sulfonamides is 1. The molecule has 0 bridgehead atoms. The Balaban J connectivity index is 1.98. The molecule has 9 heteroatoms. The molecular weight excluding hydrogens is 306 g/mol. The summed E-state index contributed by atoms with van der Waals surface area (Å²) < 4.78 is 28.9. The van der Waals surface area contributed by atoms with Crippen LogP contribution >= 0.6 is 0 Å². The van der Waals surface area contributed by atoms with E-state index >= 15 is 0 Å². The molecule has 0 aliphatic carbocycles. The molecule has 8 nitrogen and oxygen atoms in total. The summed E-state index contributed by atoms with van der Waals surface area (Å²) in [6.07, 6.45) is 4.20. The first-order chi connectivity index (χ1) is 10.5. The molecule has 0 amide bonds. The molecule has 120 valence electrons. The minimum Gasteiger partial charge on any atom is -0.292 e. The average molecular weight is 325 g/mol. The molecule has 0 saturated carbocycles. The highest BCUT2D eigenvalue weighted by Gasteiger charge is 2.33. The minimum absolute atomic E-state index is 0.145. The third-order valence-electron chi connectivity index (χ3n) is 4.10. The molecule has 1 fully saturated rings. The van der Waals surface area contributed by atoms with Gasteiger partial charge in [-0.1, -0.05) is 6.92 Å². The highest BCUT2D eigenvalue weighted by molar-refractivity contribution is 7.89. The maximum atomic E-state index is 12.4. The van der Waals surface area contributed by atoms with Gasteiger partial charge in [-0.15, -0.1) is 0 Å². The molecule has 0 spiro atoms. The van der Waals surface area contributed by atoms with Gasteiger partial charge in [-0.3, -0.25) is 9.13 Å². The van der Waals surface area contributed by atoms with Gasteiger partial charge in [0.05, 0.1) is 18.0 Å². The zero-order valence-corrected chi connectivity index (χ0v) is 13.5. The van der Waals surface area contributed by atoms with Gasteiger partial charge >= 0.3 is 5.69 Å². The molecule has 0 aromatic carbocycles. The number of imidazole rings is 1. The van der Waals surface area contributed by atoms with Crippen LogP contribution in [0.2, 0.25) is 0 Å². The lowest BCUT2D eigenvalue weighted by molar-refractivity contribution is 0.449. The Morgan fingerprint density at radius 1 is 1.41 bits per heavy atom. The van der Waals surface area contributed by atoms with E-state index in [0.29, 0.717) is 37.1 Å². The van der Waals surface area contributed by atoms with Gasteiger partial charge in [0.1, 0.15) is 11.8 Å². The number of aromatic nitrogens is 4. The maximum Gasteiger partial charge on any atom is 0.330 e. The van der Waals surface area contributed by atoms with E-state index in [2.05, 4.69) is 9.97 Å². The number of fused-ring (bicyclic) bond motifs is 1. The van der Waals surface area contributed by atoms with Crippen LogP contribution in [0.15, 0.2) is 17.3 Å². The summed E-state index contributed by atoms with van der Waals surface area (Å²) in [6.45, 7) is 2.61. The Kier molecular flexibility index (Phi) is 3.77. The van der Waals surface area contributed by atoms with Crippen LogP contribution in [0, 0.1) is 0 Å². The summed E-state index contributed by atoms with van der Waals surface area (Å²) in [4.78, 5) is 20.6. The Morgan fingerprint density at radius 2 is 2.18 bits per heavy atom. The van der Waals surface area contributed by atoms with Crippen LogP contribution in [0.25, 0.3) is 11.2 Å². The zero-order chi connectivity index (χ0) is 15.9. The van der Waals surface area contributed by atoms with Crippen molar-refractivity contribution >= 4 is 21.2 Å². The number of nitrogens with zero attached hydrogens (tertiary/aromatic N) is 5. The summed E-state index contributed by atoms with van der Waals surface area (Å²) >= 11 is 0. The highest BCUT2D eigenvalue weighted by atomic mass is 32.2. The van der Waals surface area contributed by atoms with E-state index in [9.17, 15) is 13.2 Å². The molecule has 1 aliphatic rings. The second-order valence-electron chi connectivity index (χ2n) is 5.56. The SMILES string of the molecule is CCCS(=O)(=O)N1CC[C@@H](n2c(=O)n(C)c3cncnc32)C1. The average Bonchev–Trinajstić information content (AvgIpc) is 3.05. The second kappa shape index (κ2) is 5.47. The lowest BCUT2D eigenvalue weighted by atomic mass is 10.2. The monoisotopic (exact) mass is 325 g/mol. The summed E-state index contributed by atoms with van der Waals surface area (Å²) in [6, 6.07) is -0.183. The van der Waals surface area contributed by atoms with Crippen LogP contribution in [0.4, 0.5) is 0 Å². The lowest BCUT2D eigenvalue weighted by Gasteiger charge is -2.16. The fraction of sp³-hybridized carbons (Fsp3) is 0.615. The van der Waals surface area contributed by atoms with Crippen molar-refractivity contribution in [2.45, 2.75) is 25.8 Å².